The Bertz CT molecular complexity index is 405. The highest BCUT2D eigenvalue weighted by atomic mass is 32.1. The van der Waals surface area contributed by atoms with Crippen molar-refractivity contribution in [2.45, 2.75) is 12.5 Å². The number of likely N-dealkylation sites (N-methyl/N-ethyl adjacent to an activating group) is 1. The fourth-order valence-electron chi connectivity index (χ4n) is 1.72. The second-order valence-electron chi connectivity index (χ2n) is 3.56. The third-order valence-electron chi connectivity index (χ3n) is 2.58. The summed E-state index contributed by atoms with van der Waals surface area (Å²) in [6, 6.07) is 4.57. The summed E-state index contributed by atoms with van der Waals surface area (Å²) in [6.07, 6.45) is 2.85. The largest absolute Gasteiger partial charge is 0.311 e. The van der Waals surface area contributed by atoms with Crippen LogP contribution in [0.2, 0.25) is 0 Å². The predicted molar refractivity (Wildman–Crippen MR) is 63.0 cm³/mol. The van der Waals surface area contributed by atoms with E-state index in [1.54, 1.807) is 11.3 Å². The van der Waals surface area contributed by atoms with E-state index in [-0.39, 0.29) is 0 Å². The first-order valence-corrected chi connectivity index (χ1v) is 5.92. The van der Waals surface area contributed by atoms with Crippen LogP contribution in [0, 0.1) is 0 Å². The zero-order chi connectivity index (χ0) is 10.7. The number of nitrogens with one attached hydrogen (secondary N) is 1. The topological polar surface area (TPSA) is 29.9 Å². The zero-order valence-electron chi connectivity index (χ0n) is 8.97. The number of rotatable bonds is 4. The average molecular weight is 221 g/mol. The average Bonchev–Trinajstić information content (AvgIpc) is 2.85. The van der Waals surface area contributed by atoms with Crippen LogP contribution in [0.5, 0.6) is 0 Å². The quantitative estimate of drug-likeness (QED) is 0.855. The van der Waals surface area contributed by atoms with Gasteiger partial charge < -0.3 is 5.32 Å². The molecular formula is C11H15N3S. The molecule has 0 aliphatic rings. The zero-order valence-corrected chi connectivity index (χ0v) is 9.79. The Kier molecular flexibility index (Phi) is 3.18. The van der Waals surface area contributed by atoms with Gasteiger partial charge in [0.05, 0.1) is 11.7 Å². The van der Waals surface area contributed by atoms with Crippen LogP contribution in [0.15, 0.2) is 29.1 Å². The van der Waals surface area contributed by atoms with E-state index in [0.717, 1.165) is 6.42 Å². The Morgan fingerprint density at radius 3 is 2.93 bits per heavy atom. The van der Waals surface area contributed by atoms with Crippen LogP contribution in [0.3, 0.4) is 0 Å². The molecule has 0 spiro atoms. The molecule has 0 fully saturated rings. The first kappa shape index (κ1) is 10.4. The fourth-order valence-corrected chi connectivity index (χ4v) is 2.41. The molecule has 1 N–H and O–H groups in total. The van der Waals surface area contributed by atoms with Crippen molar-refractivity contribution >= 4 is 11.3 Å². The van der Waals surface area contributed by atoms with E-state index >= 15 is 0 Å². The van der Waals surface area contributed by atoms with Crippen molar-refractivity contribution in [2.24, 2.45) is 7.05 Å². The lowest BCUT2D eigenvalue weighted by molar-refractivity contribution is 0.538. The molecule has 0 bridgehead atoms. The number of nitrogens with zero attached hydrogens (tertiary/aromatic N) is 2. The van der Waals surface area contributed by atoms with Gasteiger partial charge in [-0.25, -0.2) is 0 Å². The van der Waals surface area contributed by atoms with Gasteiger partial charge in [-0.2, -0.15) is 16.4 Å². The Labute approximate surface area is 93.7 Å². The highest BCUT2D eigenvalue weighted by Gasteiger charge is 2.13. The summed E-state index contributed by atoms with van der Waals surface area (Å²) in [5.74, 6) is 0. The Hall–Kier alpha value is -1.13. The fraction of sp³-hybridized carbons (Fsp3) is 0.364. The summed E-state index contributed by atoms with van der Waals surface area (Å²) in [6.45, 7) is 0. The molecule has 0 aliphatic carbocycles. The van der Waals surface area contributed by atoms with E-state index in [1.165, 1.54) is 11.3 Å². The lowest BCUT2D eigenvalue weighted by atomic mass is 10.1. The van der Waals surface area contributed by atoms with Crippen molar-refractivity contribution in [1.29, 1.82) is 0 Å². The van der Waals surface area contributed by atoms with Gasteiger partial charge in [-0.1, -0.05) is 0 Å². The van der Waals surface area contributed by atoms with Gasteiger partial charge in [-0.15, -0.1) is 0 Å². The molecule has 3 nitrogen and oxygen atoms in total. The van der Waals surface area contributed by atoms with Crippen LogP contribution in [0.4, 0.5) is 0 Å². The highest BCUT2D eigenvalue weighted by molar-refractivity contribution is 7.07. The Balaban J connectivity index is 2.15. The summed E-state index contributed by atoms with van der Waals surface area (Å²) in [4.78, 5) is 0. The van der Waals surface area contributed by atoms with Crippen LogP contribution in [-0.2, 0) is 13.5 Å². The number of hydrogen-bond donors (Lipinski definition) is 1. The molecule has 0 radical (unpaired) electrons. The van der Waals surface area contributed by atoms with E-state index in [9.17, 15) is 0 Å². The van der Waals surface area contributed by atoms with E-state index < -0.39 is 0 Å². The van der Waals surface area contributed by atoms with E-state index in [2.05, 4.69) is 33.3 Å². The van der Waals surface area contributed by atoms with Gasteiger partial charge >= 0.3 is 0 Å². The monoisotopic (exact) mass is 221 g/mol. The van der Waals surface area contributed by atoms with Gasteiger partial charge in [0.25, 0.3) is 0 Å². The van der Waals surface area contributed by atoms with Crippen molar-refractivity contribution in [3.63, 3.8) is 0 Å². The molecule has 80 valence electrons. The highest BCUT2D eigenvalue weighted by Crippen LogP contribution is 2.18. The van der Waals surface area contributed by atoms with Crippen molar-refractivity contribution in [2.75, 3.05) is 7.05 Å². The summed E-state index contributed by atoms with van der Waals surface area (Å²) in [5, 5.41) is 11.8. The van der Waals surface area contributed by atoms with Crippen molar-refractivity contribution < 1.29 is 0 Å². The maximum absolute atomic E-state index is 4.19. The molecule has 0 amide bonds. The minimum absolute atomic E-state index is 0.340. The molecule has 1 unspecified atom stereocenters. The van der Waals surface area contributed by atoms with E-state index in [1.807, 2.05) is 25.0 Å². The number of aryl methyl sites for hydroxylation is 1. The van der Waals surface area contributed by atoms with Gasteiger partial charge in [-0.3, -0.25) is 4.68 Å². The van der Waals surface area contributed by atoms with Crippen LogP contribution in [0.25, 0.3) is 0 Å². The number of thiophene rings is 1. The number of aromatic nitrogens is 2. The summed E-state index contributed by atoms with van der Waals surface area (Å²) >= 11 is 1.74. The number of hydrogen-bond acceptors (Lipinski definition) is 3. The molecule has 0 aromatic carbocycles. The van der Waals surface area contributed by atoms with Crippen molar-refractivity contribution in [1.82, 2.24) is 15.1 Å². The minimum atomic E-state index is 0.340. The molecule has 4 heteroatoms. The molecule has 2 aromatic rings. The smallest absolute Gasteiger partial charge is 0.0553 e. The Morgan fingerprint density at radius 2 is 2.40 bits per heavy atom. The molecule has 15 heavy (non-hydrogen) atoms. The first-order valence-electron chi connectivity index (χ1n) is 4.97. The van der Waals surface area contributed by atoms with Crippen LogP contribution in [0.1, 0.15) is 17.3 Å². The van der Waals surface area contributed by atoms with Gasteiger partial charge in [0.2, 0.25) is 0 Å². The second kappa shape index (κ2) is 4.59. The second-order valence-corrected chi connectivity index (χ2v) is 4.34. The molecule has 0 saturated carbocycles. The lowest BCUT2D eigenvalue weighted by Gasteiger charge is -2.15. The maximum atomic E-state index is 4.19. The lowest BCUT2D eigenvalue weighted by Crippen LogP contribution is -2.21. The maximum Gasteiger partial charge on any atom is 0.0553 e. The van der Waals surface area contributed by atoms with Crippen molar-refractivity contribution in [3.05, 3.63) is 40.3 Å². The standard InChI is InChI=1S/C11H15N3S/c1-12-10(7-9-4-6-15-8-9)11-3-5-13-14(11)2/h3-6,8,10,12H,7H2,1-2H3. The molecule has 0 saturated heterocycles. The van der Waals surface area contributed by atoms with Gasteiger partial charge in [0.15, 0.2) is 0 Å². The summed E-state index contributed by atoms with van der Waals surface area (Å²) in [5.41, 5.74) is 2.60. The third kappa shape index (κ3) is 2.27. The van der Waals surface area contributed by atoms with Crippen LogP contribution in [-0.4, -0.2) is 16.8 Å². The SMILES string of the molecule is CNC(Cc1ccsc1)c1ccnn1C. The first-order chi connectivity index (χ1) is 7.31. The van der Waals surface area contributed by atoms with Gasteiger partial charge in [0, 0.05) is 13.2 Å². The molecule has 2 heterocycles. The van der Waals surface area contributed by atoms with Gasteiger partial charge in [-0.05, 0) is 41.9 Å². The van der Waals surface area contributed by atoms with Crippen LogP contribution < -0.4 is 5.32 Å². The van der Waals surface area contributed by atoms with Crippen molar-refractivity contribution in [3.8, 4) is 0 Å². The summed E-state index contributed by atoms with van der Waals surface area (Å²) < 4.78 is 1.92. The van der Waals surface area contributed by atoms with E-state index in [4.69, 9.17) is 0 Å². The normalized spacial score (nSPS) is 12.9. The molecular weight excluding hydrogens is 206 g/mol. The van der Waals surface area contributed by atoms with Gasteiger partial charge in [0.1, 0.15) is 0 Å². The summed E-state index contributed by atoms with van der Waals surface area (Å²) in [7, 11) is 3.97. The Morgan fingerprint density at radius 1 is 1.53 bits per heavy atom. The minimum Gasteiger partial charge on any atom is -0.311 e. The molecule has 1 atom stereocenters. The van der Waals surface area contributed by atoms with E-state index in [0.29, 0.717) is 6.04 Å². The molecule has 0 aliphatic heterocycles. The molecule has 2 rings (SSSR count). The molecule has 2 aromatic heterocycles. The third-order valence-corrected chi connectivity index (χ3v) is 3.32. The van der Waals surface area contributed by atoms with Crippen LogP contribution >= 0.6 is 11.3 Å². The predicted octanol–water partition coefficient (Wildman–Crippen LogP) is 1.98.